The number of nitrogens with zero attached hydrogens (tertiary/aromatic N) is 4. The summed E-state index contributed by atoms with van der Waals surface area (Å²) < 4.78 is 21.0. The van der Waals surface area contributed by atoms with E-state index in [1.807, 2.05) is 60.3 Å². The number of rotatable bonds is 7. The third-order valence-electron chi connectivity index (χ3n) is 6.13. The highest BCUT2D eigenvalue weighted by atomic mass is 32.1. The molecule has 0 aliphatic carbocycles. The molecule has 1 fully saturated rings. The van der Waals surface area contributed by atoms with Crippen LogP contribution in [0.5, 0.6) is 5.75 Å². The van der Waals surface area contributed by atoms with Crippen molar-refractivity contribution in [2.24, 2.45) is 4.99 Å². The third kappa shape index (κ3) is 5.17. The second-order valence-corrected chi connectivity index (χ2v) is 9.69. The standard InChI is InChI=1S/C28H26FN5O2S/c1-18-16-33(17-31-18)25-11-6-20(14-26(25)36-3)13-24-27(35)34(19(2)21-7-9-22(29)10-8-21)28(32-24)30-15-23-5-4-12-37-23/h4-14,16-17,19H,15H2,1-3H3,(H,30,32)/b24-13-/t19-/m1/s1. The molecule has 0 spiro atoms. The molecule has 0 saturated carbocycles. The van der Waals surface area contributed by atoms with Crippen LogP contribution in [0.25, 0.3) is 11.8 Å². The number of thiophene rings is 1. The highest BCUT2D eigenvalue weighted by Crippen LogP contribution is 2.29. The fourth-order valence-electron chi connectivity index (χ4n) is 4.20. The molecule has 1 aliphatic heterocycles. The number of aryl methyl sites for hydroxylation is 1. The van der Waals surface area contributed by atoms with Gasteiger partial charge >= 0.3 is 0 Å². The van der Waals surface area contributed by atoms with Gasteiger partial charge in [-0.15, -0.1) is 11.3 Å². The van der Waals surface area contributed by atoms with E-state index >= 15 is 0 Å². The number of hydrogen-bond acceptors (Lipinski definition) is 5. The van der Waals surface area contributed by atoms with E-state index < -0.39 is 0 Å². The lowest BCUT2D eigenvalue weighted by atomic mass is 10.1. The van der Waals surface area contributed by atoms with Gasteiger partial charge in [-0.2, -0.15) is 0 Å². The van der Waals surface area contributed by atoms with E-state index in [4.69, 9.17) is 9.73 Å². The zero-order chi connectivity index (χ0) is 25.9. The Labute approximate surface area is 218 Å². The van der Waals surface area contributed by atoms with Gasteiger partial charge in [-0.05, 0) is 66.8 Å². The van der Waals surface area contributed by atoms with E-state index in [9.17, 15) is 9.18 Å². The van der Waals surface area contributed by atoms with Crippen molar-refractivity contribution < 1.29 is 13.9 Å². The van der Waals surface area contributed by atoms with Crippen molar-refractivity contribution >= 4 is 29.3 Å². The fraction of sp³-hybridized carbons (Fsp3) is 0.179. The second kappa shape index (κ2) is 10.4. The van der Waals surface area contributed by atoms with Crippen molar-refractivity contribution in [3.05, 3.63) is 106 Å². The molecule has 4 aromatic rings. The number of nitrogens with one attached hydrogen (secondary N) is 1. The maximum Gasteiger partial charge on any atom is 0.277 e. The average molecular weight is 516 g/mol. The van der Waals surface area contributed by atoms with Crippen LogP contribution in [0.1, 0.15) is 34.7 Å². The van der Waals surface area contributed by atoms with Crippen LogP contribution in [0.3, 0.4) is 0 Å². The number of ether oxygens (including phenoxy) is 1. The van der Waals surface area contributed by atoms with Crippen LogP contribution in [0.4, 0.5) is 4.39 Å². The molecule has 2 aromatic heterocycles. The number of amides is 1. The minimum Gasteiger partial charge on any atom is -0.495 e. The molecule has 1 aliphatic rings. The minimum absolute atomic E-state index is 0.213. The van der Waals surface area contributed by atoms with Gasteiger partial charge < -0.3 is 14.6 Å². The van der Waals surface area contributed by atoms with Crippen molar-refractivity contribution in [2.45, 2.75) is 26.4 Å². The normalized spacial score (nSPS) is 16.4. The summed E-state index contributed by atoms with van der Waals surface area (Å²) >= 11 is 1.61. The number of benzene rings is 2. The first-order valence-electron chi connectivity index (χ1n) is 11.8. The molecule has 9 heteroatoms. The molecule has 1 saturated heterocycles. The van der Waals surface area contributed by atoms with Gasteiger partial charge in [0.2, 0.25) is 5.96 Å². The first-order chi connectivity index (χ1) is 17.9. The number of halogens is 1. The average Bonchev–Trinajstić information content (AvgIpc) is 3.64. The Morgan fingerprint density at radius 1 is 1.22 bits per heavy atom. The summed E-state index contributed by atoms with van der Waals surface area (Å²) in [5.74, 6) is 0.576. The van der Waals surface area contributed by atoms with Crippen LogP contribution in [-0.2, 0) is 11.3 Å². The topological polar surface area (TPSA) is 71.8 Å². The van der Waals surface area contributed by atoms with Crippen LogP contribution in [0.15, 0.2) is 83.2 Å². The zero-order valence-electron chi connectivity index (χ0n) is 20.7. The smallest absolute Gasteiger partial charge is 0.277 e. The van der Waals surface area contributed by atoms with E-state index in [1.165, 1.54) is 12.1 Å². The fourth-order valence-corrected chi connectivity index (χ4v) is 4.82. The van der Waals surface area contributed by atoms with Gasteiger partial charge in [-0.1, -0.05) is 24.3 Å². The van der Waals surface area contributed by atoms with Gasteiger partial charge in [0.1, 0.15) is 17.3 Å². The molecule has 0 bridgehead atoms. The number of guanidine groups is 1. The first kappa shape index (κ1) is 24.5. The Hall–Kier alpha value is -4.24. The van der Waals surface area contributed by atoms with Crippen LogP contribution in [0, 0.1) is 12.7 Å². The Morgan fingerprint density at radius 2 is 2.03 bits per heavy atom. The lowest BCUT2D eigenvalue weighted by Crippen LogP contribution is -2.35. The maximum absolute atomic E-state index is 13.6. The van der Waals surface area contributed by atoms with Gasteiger partial charge in [0, 0.05) is 11.1 Å². The SMILES string of the molecule is COc1cc(/C=C2\N/C(=N\Cc3cccs3)N([C@H](C)c3ccc(F)cc3)C2=O)ccc1-n1cnc(C)c1. The van der Waals surface area contributed by atoms with Gasteiger partial charge in [0.25, 0.3) is 5.91 Å². The highest BCUT2D eigenvalue weighted by Gasteiger charge is 2.36. The summed E-state index contributed by atoms with van der Waals surface area (Å²) in [6.07, 6.45) is 5.44. The number of methoxy groups -OCH3 is 1. The Balaban J connectivity index is 1.48. The number of aromatic nitrogens is 2. The van der Waals surface area contributed by atoms with Gasteiger partial charge in [0.15, 0.2) is 0 Å². The Kier molecular flexibility index (Phi) is 6.87. The molecule has 1 atom stereocenters. The minimum atomic E-state index is -0.352. The van der Waals surface area contributed by atoms with Gasteiger partial charge in [-0.3, -0.25) is 9.69 Å². The van der Waals surface area contributed by atoms with Crippen molar-refractivity contribution in [1.82, 2.24) is 19.8 Å². The Morgan fingerprint density at radius 3 is 2.70 bits per heavy atom. The van der Waals surface area contributed by atoms with E-state index in [0.717, 1.165) is 27.4 Å². The van der Waals surface area contributed by atoms with E-state index in [2.05, 4.69) is 10.3 Å². The van der Waals surface area contributed by atoms with Crippen LogP contribution >= 0.6 is 11.3 Å². The molecule has 1 amide bonds. The molecule has 37 heavy (non-hydrogen) atoms. The molecule has 2 aromatic carbocycles. The number of imidazole rings is 1. The largest absolute Gasteiger partial charge is 0.495 e. The van der Waals surface area contributed by atoms with Crippen molar-refractivity contribution in [3.63, 3.8) is 0 Å². The van der Waals surface area contributed by atoms with Crippen molar-refractivity contribution in [1.29, 1.82) is 0 Å². The van der Waals surface area contributed by atoms with Gasteiger partial charge in [0.05, 0.1) is 37.4 Å². The maximum atomic E-state index is 13.6. The monoisotopic (exact) mass is 515 g/mol. The summed E-state index contributed by atoms with van der Waals surface area (Å²) in [5.41, 5.74) is 3.75. The molecule has 3 heterocycles. The van der Waals surface area contributed by atoms with E-state index in [-0.39, 0.29) is 17.8 Å². The lowest BCUT2D eigenvalue weighted by Gasteiger charge is -2.23. The molecular weight excluding hydrogens is 489 g/mol. The third-order valence-corrected chi connectivity index (χ3v) is 6.99. The summed E-state index contributed by atoms with van der Waals surface area (Å²) in [5, 5.41) is 5.21. The van der Waals surface area contributed by atoms with Crippen molar-refractivity contribution in [2.75, 3.05) is 7.11 Å². The molecule has 0 radical (unpaired) electrons. The van der Waals surface area contributed by atoms with Crippen LogP contribution in [-0.4, -0.2) is 33.4 Å². The predicted molar refractivity (Wildman–Crippen MR) is 143 cm³/mol. The van der Waals surface area contributed by atoms with Crippen LogP contribution in [0.2, 0.25) is 0 Å². The van der Waals surface area contributed by atoms with Gasteiger partial charge in [-0.25, -0.2) is 14.4 Å². The number of aliphatic imine (C=N–C) groups is 1. The van der Waals surface area contributed by atoms with Crippen LogP contribution < -0.4 is 10.1 Å². The molecule has 5 rings (SSSR count). The summed E-state index contributed by atoms with van der Waals surface area (Å²) in [4.78, 5) is 25.3. The Bertz CT molecular complexity index is 1470. The number of hydrogen-bond donors (Lipinski definition) is 1. The summed E-state index contributed by atoms with van der Waals surface area (Å²) in [7, 11) is 1.61. The first-order valence-corrected chi connectivity index (χ1v) is 12.6. The van der Waals surface area contributed by atoms with E-state index in [0.29, 0.717) is 24.0 Å². The van der Waals surface area contributed by atoms with E-state index in [1.54, 1.807) is 47.9 Å². The second-order valence-electron chi connectivity index (χ2n) is 8.66. The quantitative estimate of drug-likeness (QED) is 0.331. The summed E-state index contributed by atoms with van der Waals surface area (Å²) in [6.45, 7) is 4.27. The number of carbonyl (C=O) groups is 1. The van der Waals surface area contributed by atoms with Crippen molar-refractivity contribution in [3.8, 4) is 11.4 Å². The molecule has 0 unspecified atom stereocenters. The summed E-state index contributed by atoms with van der Waals surface area (Å²) in [6, 6.07) is 15.5. The molecular formula is C28H26FN5O2S. The molecule has 7 nitrogen and oxygen atoms in total. The molecule has 188 valence electrons. The highest BCUT2D eigenvalue weighted by molar-refractivity contribution is 7.09. The molecule has 1 N–H and O–H groups in total. The number of carbonyl (C=O) groups excluding carboxylic acids is 1. The predicted octanol–water partition coefficient (Wildman–Crippen LogP) is 5.48. The lowest BCUT2D eigenvalue weighted by molar-refractivity contribution is -0.123. The zero-order valence-corrected chi connectivity index (χ0v) is 21.5.